The summed E-state index contributed by atoms with van der Waals surface area (Å²) in [5, 5.41) is 0.939. The van der Waals surface area contributed by atoms with E-state index in [1.165, 1.54) is 6.07 Å². The second-order valence-electron chi connectivity index (χ2n) is 5.68. The minimum Gasteiger partial charge on any atom is -0.348 e. The maximum atomic E-state index is 14.9. The highest BCUT2D eigenvalue weighted by molar-refractivity contribution is 5.86. The van der Waals surface area contributed by atoms with Crippen LogP contribution in [0.3, 0.4) is 0 Å². The van der Waals surface area contributed by atoms with Crippen LogP contribution in [0.4, 0.5) is 4.39 Å². The van der Waals surface area contributed by atoms with Gasteiger partial charge in [-0.3, -0.25) is 9.97 Å². The van der Waals surface area contributed by atoms with E-state index in [4.69, 9.17) is 0 Å². The number of hydrogen-bond donors (Lipinski definition) is 1. The number of fused-ring (bicyclic) bond motifs is 1. The zero-order valence-electron chi connectivity index (χ0n) is 13.1. The summed E-state index contributed by atoms with van der Waals surface area (Å²) in [5.74, 6) is -0.697. The number of aromatic amines is 1. The smallest absolute Gasteiger partial charge is 0.129 e. The average Bonchev–Trinajstić information content (AvgIpc) is 3.13. The third-order valence-electron chi connectivity index (χ3n) is 4.22. The Morgan fingerprint density at radius 2 is 1.96 bits per heavy atom. The number of rotatable bonds is 3. The van der Waals surface area contributed by atoms with Gasteiger partial charge in [-0.05, 0) is 42.8 Å². The Morgan fingerprint density at radius 3 is 2.71 bits per heavy atom. The lowest BCUT2D eigenvalue weighted by molar-refractivity contribution is 0.606. The van der Waals surface area contributed by atoms with Gasteiger partial charge in [0.1, 0.15) is 5.82 Å². The lowest BCUT2D eigenvalue weighted by Crippen LogP contribution is -2.09. The average molecular weight is 318 g/mol. The number of aryl methyl sites for hydroxylation is 1. The summed E-state index contributed by atoms with van der Waals surface area (Å²) in [4.78, 5) is 16.1. The van der Waals surface area contributed by atoms with Crippen LogP contribution in [0.15, 0.2) is 61.3 Å². The van der Waals surface area contributed by atoms with E-state index < -0.39 is 5.92 Å². The lowest BCUT2D eigenvalue weighted by Gasteiger charge is -2.18. The van der Waals surface area contributed by atoms with Crippen molar-refractivity contribution in [3.8, 4) is 0 Å². The molecule has 1 N–H and O–H groups in total. The molecule has 0 aliphatic heterocycles. The lowest BCUT2D eigenvalue weighted by atomic mass is 9.89. The fourth-order valence-corrected chi connectivity index (χ4v) is 3.06. The Kier molecular flexibility index (Phi) is 3.54. The van der Waals surface area contributed by atoms with Gasteiger partial charge in [-0.25, -0.2) is 9.37 Å². The molecular formula is C19H15FN4. The van der Waals surface area contributed by atoms with Gasteiger partial charge in [0.05, 0.1) is 23.5 Å². The molecule has 1 unspecified atom stereocenters. The quantitative estimate of drug-likeness (QED) is 0.621. The second kappa shape index (κ2) is 5.85. The van der Waals surface area contributed by atoms with Crippen LogP contribution in [-0.2, 0) is 0 Å². The number of halogens is 1. The third kappa shape index (κ3) is 2.34. The Morgan fingerprint density at radius 1 is 1.04 bits per heavy atom. The van der Waals surface area contributed by atoms with Crippen molar-refractivity contribution in [1.82, 2.24) is 19.9 Å². The monoisotopic (exact) mass is 318 g/mol. The zero-order valence-corrected chi connectivity index (χ0v) is 13.1. The Balaban J connectivity index is 2.05. The van der Waals surface area contributed by atoms with Crippen LogP contribution in [0.5, 0.6) is 0 Å². The van der Waals surface area contributed by atoms with Gasteiger partial charge in [-0.1, -0.05) is 6.07 Å². The standard InChI is InChI=1S/C19H15FN4/c1-12-7-9-23-19-13(12)5-6-14(20)17(19)18(16-10-21-11-24-16)15-4-2-3-8-22-15/h2-11,18H,1H3,(H,21,24). The number of hydrogen-bond acceptors (Lipinski definition) is 3. The molecule has 1 atom stereocenters. The van der Waals surface area contributed by atoms with Gasteiger partial charge >= 0.3 is 0 Å². The predicted octanol–water partition coefficient (Wildman–Crippen LogP) is 3.98. The van der Waals surface area contributed by atoms with Crippen molar-refractivity contribution in [2.75, 3.05) is 0 Å². The predicted molar refractivity (Wildman–Crippen MR) is 90.2 cm³/mol. The third-order valence-corrected chi connectivity index (χ3v) is 4.22. The first-order valence-corrected chi connectivity index (χ1v) is 7.68. The van der Waals surface area contributed by atoms with Crippen molar-refractivity contribution in [3.05, 3.63) is 89.6 Å². The molecule has 4 nitrogen and oxygen atoms in total. The first kappa shape index (κ1) is 14.5. The van der Waals surface area contributed by atoms with Gasteiger partial charge in [0.15, 0.2) is 0 Å². The molecule has 4 rings (SSSR count). The molecule has 0 bridgehead atoms. The molecule has 0 aliphatic carbocycles. The molecule has 0 radical (unpaired) electrons. The topological polar surface area (TPSA) is 54.5 Å². The number of nitrogens with zero attached hydrogens (tertiary/aromatic N) is 3. The Bertz CT molecular complexity index is 981. The van der Waals surface area contributed by atoms with Crippen LogP contribution in [0.2, 0.25) is 0 Å². The van der Waals surface area contributed by atoms with Crippen LogP contribution < -0.4 is 0 Å². The minimum atomic E-state index is -0.397. The van der Waals surface area contributed by atoms with Crippen molar-refractivity contribution in [2.24, 2.45) is 0 Å². The van der Waals surface area contributed by atoms with Crippen LogP contribution in [-0.4, -0.2) is 19.9 Å². The molecule has 4 aromatic rings. The molecule has 0 saturated carbocycles. The van der Waals surface area contributed by atoms with Gasteiger partial charge in [0.2, 0.25) is 0 Å². The highest BCUT2D eigenvalue weighted by Crippen LogP contribution is 2.35. The maximum Gasteiger partial charge on any atom is 0.129 e. The molecule has 118 valence electrons. The molecular weight excluding hydrogens is 303 g/mol. The molecule has 0 saturated heterocycles. The summed E-state index contributed by atoms with van der Waals surface area (Å²) in [5.41, 5.74) is 3.75. The largest absolute Gasteiger partial charge is 0.348 e. The second-order valence-corrected chi connectivity index (χ2v) is 5.68. The van der Waals surface area contributed by atoms with E-state index in [2.05, 4.69) is 19.9 Å². The van der Waals surface area contributed by atoms with Gasteiger partial charge in [0, 0.05) is 35.2 Å². The van der Waals surface area contributed by atoms with Crippen molar-refractivity contribution in [1.29, 1.82) is 0 Å². The number of H-pyrrole nitrogens is 1. The van der Waals surface area contributed by atoms with E-state index in [1.807, 2.05) is 31.2 Å². The number of imidazole rings is 1. The summed E-state index contributed by atoms with van der Waals surface area (Å²) in [7, 11) is 0. The fourth-order valence-electron chi connectivity index (χ4n) is 3.06. The summed E-state index contributed by atoms with van der Waals surface area (Å²) in [6, 6.07) is 10.8. The maximum absolute atomic E-state index is 14.9. The Labute approximate surface area is 138 Å². The summed E-state index contributed by atoms with van der Waals surface area (Å²) in [6.07, 6.45) is 6.71. The van der Waals surface area contributed by atoms with Gasteiger partial charge < -0.3 is 4.98 Å². The summed E-state index contributed by atoms with van der Waals surface area (Å²) < 4.78 is 14.9. The van der Waals surface area contributed by atoms with Crippen LogP contribution in [0.1, 0.15) is 28.4 Å². The molecule has 1 aromatic carbocycles. The molecule has 24 heavy (non-hydrogen) atoms. The van der Waals surface area contributed by atoms with E-state index in [0.29, 0.717) is 11.1 Å². The summed E-state index contributed by atoms with van der Waals surface area (Å²) >= 11 is 0. The van der Waals surface area contributed by atoms with Crippen LogP contribution >= 0.6 is 0 Å². The van der Waals surface area contributed by atoms with E-state index in [0.717, 1.165) is 22.3 Å². The van der Waals surface area contributed by atoms with Crippen molar-refractivity contribution >= 4 is 10.9 Å². The molecule has 3 aromatic heterocycles. The first-order valence-electron chi connectivity index (χ1n) is 7.68. The molecule has 0 amide bonds. The summed E-state index contributed by atoms with van der Waals surface area (Å²) in [6.45, 7) is 2.00. The minimum absolute atomic E-state index is 0.300. The van der Waals surface area contributed by atoms with Crippen LogP contribution in [0, 0.1) is 12.7 Å². The number of benzene rings is 1. The van der Waals surface area contributed by atoms with E-state index in [-0.39, 0.29) is 5.82 Å². The Hall–Kier alpha value is -3.08. The normalized spacial score (nSPS) is 12.4. The highest BCUT2D eigenvalue weighted by Gasteiger charge is 2.25. The zero-order chi connectivity index (χ0) is 16.5. The van der Waals surface area contributed by atoms with Crippen LogP contribution in [0.25, 0.3) is 10.9 Å². The molecule has 0 fully saturated rings. The molecule has 5 heteroatoms. The van der Waals surface area contributed by atoms with Gasteiger partial charge in [0.25, 0.3) is 0 Å². The van der Waals surface area contributed by atoms with E-state index in [9.17, 15) is 4.39 Å². The van der Waals surface area contributed by atoms with Crippen molar-refractivity contribution in [2.45, 2.75) is 12.8 Å². The molecule has 0 aliphatic rings. The fraction of sp³-hybridized carbons (Fsp3) is 0.105. The van der Waals surface area contributed by atoms with Gasteiger partial charge in [-0.15, -0.1) is 0 Å². The first-order chi connectivity index (χ1) is 11.8. The highest BCUT2D eigenvalue weighted by atomic mass is 19.1. The number of pyridine rings is 2. The van der Waals surface area contributed by atoms with Gasteiger partial charge in [-0.2, -0.15) is 0 Å². The SMILES string of the molecule is Cc1ccnc2c(C(c3ccccn3)c3cnc[nH]3)c(F)ccc12. The van der Waals surface area contributed by atoms with E-state index >= 15 is 0 Å². The van der Waals surface area contributed by atoms with E-state index in [1.54, 1.807) is 31.0 Å². The molecule has 0 spiro atoms. The molecule has 3 heterocycles. The van der Waals surface area contributed by atoms with Crippen molar-refractivity contribution < 1.29 is 4.39 Å². The van der Waals surface area contributed by atoms with Crippen molar-refractivity contribution in [3.63, 3.8) is 0 Å². The number of aromatic nitrogens is 4. The number of nitrogens with one attached hydrogen (secondary N) is 1.